The van der Waals surface area contributed by atoms with E-state index < -0.39 is 17.2 Å². The van der Waals surface area contributed by atoms with Crippen LogP contribution in [0.3, 0.4) is 0 Å². The predicted molar refractivity (Wildman–Crippen MR) is 75.3 cm³/mol. The zero-order chi connectivity index (χ0) is 15.7. The number of rotatable bonds is 2. The summed E-state index contributed by atoms with van der Waals surface area (Å²) in [6.07, 6.45) is -2.94. The van der Waals surface area contributed by atoms with Crippen molar-refractivity contribution in [2.24, 2.45) is 5.41 Å². The number of carbonyl (C=O) groups excluding carboxylic acids is 1. The van der Waals surface area contributed by atoms with Gasteiger partial charge in [0.15, 0.2) is 0 Å². The quantitative estimate of drug-likeness (QED) is 0.872. The standard InChI is InChI=1S/C14H16ClF3N2O/c1-13(5-2-6-19-8-13)12(21)20-11-7-9(14(16,17)18)3-4-10(11)15/h3-4,7,19H,2,5-6,8H2,1H3,(H,20,21). The van der Waals surface area contributed by atoms with Crippen LogP contribution in [0.4, 0.5) is 18.9 Å². The molecule has 1 aromatic carbocycles. The van der Waals surface area contributed by atoms with Crippen molar-refractivity contribution in [1.82, 2.24) is 5.32 Å². The number of amides is 1. The first-order valence-electron chi connectivity index (χ1n) is 6.61. The summed E-state index contributed by atoms with van der Waals surface area (Å²) in [4.78, 5) is 12.3. The maximum atomic E-state index is 12.7. The fourth-order valence-corrected chi connectivity index (χ4v) is 2.49. The summed E-state index contributed by atoms with van der Waals surface area (Å²) in [5, 5.41) is 5.73. The van der Waals surface area contributed by atoms with Crippen LogP contribution in [0, 0.1) is 5.41 Å². The van der Waals surface area contributed by atoms with Crippen molar-refractivity contribution in [2.75, 3.05) is 18.4 Å². The molecule has 1 saturated heterocycles. The lowest BCUT2D eigenvalue weighted by atomic mass is 9.82. The van der Waals surface area contributed by atoms with Gasteiger partial charge < -0.3 is 10.6 Å². The highest BCUT2D eigenvalue weighted by atomic mass is 35.5. The highest BCUT2D eigenvalue weighted by molar-refractivity contribution is 6.33. The summed E-state index contributed by atoms with van der Waals surface area (Å²) in [5.74, 6) is -0.323. The van der Waals surface area contributed by atoms with E-state index in [0.29, 0.717) is 13.0 Å². The zero-order valence-corrected chi connectivity index (χ0v) is 12.2. The Kier molecular flexibility index (Phi) is 4.49. The van der Waals surface area contributed by atoms with E-state index in [4.69, 9.17) is 11.6 Å². The molecule has 2 N–H and O–H groups in total. The molecule has 0 aromatic heterocycles. The largest absolute Gasteiger partial charge is 0.416 e. The van der Waals surface area contributed by atoms with Gasteiger partial charge in [-0.2, -0.15) is 13.2 Å². The van der Waals surface area contributed by atoms with Crippen molar-refractivity contribution in [3.05, 3.63) is 28.8 Å². The smallest absolute Gasteiger partial charge is 0.324 e. The summed E-state index contributed by atoms with van der Waals surface area (Å²) in [7, 11) is 0. The molecule has 116 valence electrons. The summed E-state index contributed by atoms with van der Waals surface area (Å²) >= 11 is 5.88. The number of nitrogens with one attached hydrogen (secondary N) is 2. The molecule has 1 atom stereocenters. The molecule has 0 radical (unpaired) electrons. The van der Waals surface area contributed by atoms with Gasteiger partial charge in [-0.25, -0.2) is 0 Å². The Labute approximate surface area is 125 Å². The predicted octanol–water partition coefficient (Wildman–Crippen LogP) is 3.69. The molecule has 0 aliphatic carbocycles. The number of hydrogen-bond donors (Lipinski definition) is 2. The Morgan fingerprint density at radius 2 is 2.14 bits per heavy atom. The molecule has 21 heavy (non-hydrogen) atoms. The molecule has 3 nitrogen and oxygen atoms in total. The van der Waals surface area contributed by atoms with E-state index in [1.807, 2.05) is 0 Å². The number of carbonyl (C=O) groups is 1. The summed E-state index contributed by atoms with van der Waals surface area (Å²) < 4.78 is 38.1. The molecular weight excluding hydrogens is 305 g/mol. The van der Waals surface area contributed by atoms with Crippen LogP contribution < -0.4 is 10.6 Å². The summed E-state index contributed by atoms with van der Waals surface area (Å²) in [5.41, 5.74) is -1.49. The zero-order valence-electron chi connectivity index (χ0n) is 11.5. The van der Waals surface area contributed by atoms with Gasteiger partial charge in [0.1, 0.15) is 0 Å². The van der Waals surface area contributed by atoms with Crippen LogP contribution in [0.2, 0.25) is 5.02 Å². The highest BCUT2D eigenvalue weighted by Crippen LogP contribution is 2.35. The summed E-state index contributed by atoms with van der Waals surface area (Å²) in [6, 6.07) is 2.89. The molecule has 1 heterocycles. The van der Waals surface area contributed by atoms with Crippen molar-refractivity contribution >= 4 is 23.2 Å². The van der Waals surface area contributed by atoms with Gasteiger partial charge in [0.25, 0.3) is 0 Å². The van der Waals surface area contributed by atoms with Gasteiger partial charge in [-0.1, -0.05) is 11.6 Å². The molecule has 1 unspecified atom stereocenters. The number of piperidine rings is 1. The monoisotopic (exact) mass is 320 g/mol. The fraction of sp³-hybridized carbons (Fsp3) is 0.500. The molecular formula is C14H16ClF3N2O. The van der Waals surface area contributed by atoms with Gasteiger partial charge in [0.2, 0.25) is 5.91 Å². The number of halogens is 4. The average Bonchev–Trinajstić information content (AvgIpc) is 2.40. The minimum absolute atomic E-state index is 0.0108. The van der Waals surface area contributed by atoms with Gasteiger partial charge in [-0.15, -0.1) is 0 Å². The third-order valence-corrected chi connectivity index (χ3v) is 4.02. The van der Waals surface area contributed by atoms with Crippen molar-refractivity contribution in [1.29, 1.82) is 0 Å². The topological polar surface area (TPSA) is 41.1 Å². The van der Waals surface area contributed by atoms with Crippen molar-refractivity contribution in [2.45, 2.75) is 25.9 Å². The Hall–Kier alpha value is -1.27. The van der Waals surface area contributed by atoms with E-state index >= 15 is 0 Å². The third-order valence-electron chi connectivity index (χ3n) is 3.69. The number of alkyl halides is 3. The Balaban J connectivity index is 2.20. The second-order valence-electron chi connectivity index (χ2n) is 5.49. The van der Waals surface area contributed by atoms with Crippen molar-refractivity contribution in [3.8, 4) is 0 Å². The maximum Gasteiger partial charge on any atom is 0.416 e. The van der Waals surface area contributed by atoms with E-state index in [1.54, 1.807) is 6.92 Å². The van der Waals surface area contributed by atoms with Crippen LogP contribution >= 0.6 is 11.6 Å². The van der Waals surface area contributed by atoms with Crippen LogP contribution in [-0.4, -0.2) is 19.0 Å². The molecule has 2 rings (SSSR count). The molecule has 1 amide bonds. The van der Waals surface area contributed by atoms with E-state index in [2.05, 4.69) is 10.6 Å². The van der Waals surface area contributed by atoms with Gasteiger partial charge in [0, 0.05) is 6.54 Å². The van der Waals surface area contributed by atoms with Crippen molar-refractivity contribution < 1.29 is 18.0 Å². The minimum atomic E-state index is -4.47. The Morgan fingerprint density at radius 1 is 1.43 bits per heavy atom. The van der Waals surface area contributed by atoms with E-state index in [1.165, 1.54) is 0 Å². The first-order chi connectivity index (χ1) is 9.72. The molecule has 1 aromatic rings. The van der Waals surface area contributed by atoms with E-state index in [-0.39, 0.29) is 16.6 Å². The molecule has 0 spiro atoms. The van der Waals surface area contributed by atoms with Crippen LogP contribution in [-0.2, 0) is 11.0 Å². The molecule has 7 heteroatoms. The normalized spacial score (nSPS) is 22.9. The van der Waals surface area contributed by atoms with E-state index in [0.717, 1.165) is 31.2 Å². The third kappa shape index (κ3) is 3.68. The van der Waals surface area contributed by atoms with Gasteiger partial charge in [-0.3, -0.25) is 4.79 Å². The second-order valence-corrected chi connectivity index (χ2v) is 5.89. The van der Waals surface area contributed by atoms with Gasteiger partial charge in [0.05, 0.1) is 21.7 Å². The Morgan fingerprint density at radius 3 is 2.71 bits per heavy atom. The average molecular weight is 321 g/mol. The molecule has 0 saturated carbocycles. The summed E-state index contributed by atoms with van der Waals surface area (Å²) in [6.45, 7) is 3.12. The van der Waals surface area contributed by atoms with Crippen LogP contribution in [0.1, 0.15) is 25.3 Å². The Bertz CT molecular complexity index is 540. The van der Waals surface area contributed by atoms with Crippen molar-refractivity contribution in [3.63, 3.8) is 0 Å². The van der Waals surface area contributed by atoms with Gasteiger partial charge in [-0.05, 0) is 44.5 Å². The number of anilines is 1. The number of hydrogen-bond acceptors (Lipinski definition) is 2. The SMILES string of the molecule is CC1(C(=O)Nc2cc(C(F)(F)F)ccc2Cl)CCCNC1. The molecule has 1 fully saturated rings. The minimum Gasteiger partial charge on any atom is -0.324 e. The first kappa shape index (κ1) is 16.1. The lowest BCUT2D eigenvalue weighted by Gasteiger charge is -2.32. The highest BCUT2D eigenvalue weighted by Gasteiger charge is 2.36. The molecule has 0 bridgehead atoms. The van der Waals surface area contributed by atoms with Crippen LogP contribution in [0.5, 0.6) is 0 Å². The first-order valence-corrected chi connectivity index (χ1v) is 6.99. The van der Waals surface area contributed by atoms with E-state index in [9.17, 15) is 18.0 Å². The maximum absolute atomic E-state index is 12.7. The van der Waals surface area contributed by atoms with Crippen LogP contribution in [0.25, 0.3) is 0 Å². The van der Waals surface area contributed by atoms with Gasteiger partial charge >= 0.3 is 6.18 Å². The second kappa shape index (κ2) is 5.85. The number of benzene rings is 1. The molecule has 1 aliphatic rings. The molecule has 1 aliphatic heterocycles. The lowest BCUT2D eigenvalue weighted by molar-refractivity contribution is -0.137. The fourth-order valence-electron chi connectivity index (χ4n) is 2.32. The van der Waals surface area contributed by atoms with Crippen LogP contribution in [0.15, 0.2) is 18.2 Å². The lowest BCUT2D eigenvalue weighted by Crippen LogP contribution is -2.46.